The second kappa shape index (κ2) is 15.6. The fourth-order valence-electron chi connectivity index (χ4n) is 15.9. The van der Waals surface area contributed by atoms with Gasteiger partial charge in [0, 0.05) is 24.7 Å². The van der Waals surface area contributed by atoms with E-state index < -0.39 is 9.84 Å². The Morgan fingerprint density at radius 3 is 2.36 bits per heavy atom. The van der Waals surface area contributed by atoms with E-state index in [4.69, 9.17) is 4.74 Å². The monoisotopic (exact) mass is 813 g/mol. The lowest BCUT2D eigenvalue weighted by Crippen LogP contribution is -2.68. The third kappa shape index (κ3) is 7.05. The number of carbonyl (C=O) groups excluding carboxylic acids is 1. The van der Waals surface area contributed by atoms with Gasteiger partial charge in [0.05, 0.1) is 17.4 Å². The Bertz CT molecular complexity index is 1900. The van der Waals surface area contributed by atoms with Crippen molar-refractivity contribution in [2.75, 3.05) is 31.1 Å². The van der Waals surface area contributed by atoms with Crippen LogP contribution in [0.15, 0.2) is 65.8 Å². The van der Waals surface area contributed by atoms with Crippen LogP contribution in [0.3, 0.4) is 0 Å². The van der Waals surface area contributed by atoms with Gasteiger partial charge >= 0.3 is 5.97 Å². The van der Waals surface area contributed by atoms with Crippen LogP contribution in [0.1, 0.15) is 138 Å². The molecule has 1 aromatic rings. The number of rotatable bonds is 11. The number of benzene rings is 1. The van der Waals surface area contributed by atoms with Gasteiger partial charge in [-0.2, -0.15) is 0 Å². The summed E-state index contributed by atoms with van der Waals surface area (Å²) in [6.07, 6.45) is 19.9. The van der Waals surface area contributed by atoms with Crippen molar-refractivity contribution in [1.82, 2.24) is 10.2 Å². The topological polar surface area (TPSA) is 75.7 Å². The molecule has 7 heteroatoms. The molecule has 6 aliphatic carbocycles. The Hall–Kier alpha value is -2.22. The van der Waals surface area contributed by atoms with Crippen molar-refractivity contribution < 1.29 is 17.9 Å². The molecule has 1 aromatic carbocycles. The maximum Gasteiger partial charge on any atom is 0.309 e. The second-order valence-corrected chi connectivity index (χ2v) is 24.0. The summed E-state index contributed by atoms with van der Waals surface area (Å²) in [5.41, 5.74) is 6.56. The molecule has 8 rings (SSSR count). The number of sulfone groups is 1. The Balaban J connectivity index is 0.981. The summed E-state index contributed by atoms with van der Waals surface area (Å²) >= 11 is 0. The van der Waals surface area contributed by atoms with E-state index in [1.54, 1.807) is 5.57 Å². The molecule has 0 amide bonds. The van der Waals surface area contributed by atoms with E-state index in [0.717, 1.165) is 57.3 Å². The highest BCUT2D eigenvalue weighted by molar-refractivity contribution is 7.91. The summed E-state index contributed by atoms with van der Waals surface area (Å²) in [6, 6.07) is 10.2. The van der Waals surface area contributed by atoms with Gasteiger partial charge in [0.1, 0.15) is 6.61 Å². The molecule has 6 nitrogen and oxygen atoms in total. The van der Waals surface area contributed by atoms with E-state index in [0.29, 0.717) is 53.1 Å². The number of nitrogens with one attached hydrogen (secondary N) is 1. The molecule has 1 aliphatic heterocycles. The molecule has 320 valence electrons. The average Bonchev–Trinajstić information content (AvgIpc) is 3.76. The predicted molar refractivity (Wildman–Crippen MR) is 237 cm³/mol. The van der Waals surface area contributed by atoms with E-state index in [-0.39, 0.29) is 39.7 Å². The van der Waals surface area contributed by atoms with Crippen LogP contribution in [0.5, 0.6) is 0 Å². The molecule has 0 radical (unpaired) electrons. The predicted octanol–water partition coefficient (Wildman–Crippen LogP) is 10.5. The number of ether oxygens (including phenoxy) is 1. The van der Waals surface area contributed by atoms with Crippen molar-refractivity contribution in [3.05, 3.63) is 71.3 Å². The molecule has 5 fully saturated rings. The van der Waals surface area contributed by atoms with Gasteiger partial charge < -0.3 is 10.1 Å². The minimum atomic E-state index is -2.90. The van der Waals surface area contributed by atoms with Crippen molar-refractivity contribution in [2.45, 2.75) is 150 Å². The summed E-state index contributed by atoms with van der Waals surface area (Å²) in [5.74, 6) is 3.78. The lowest BCUT2D eigenvalue weighted by Gasteiger charge is -2.72. The van der Waals surface area contributed by atoms with Crippen LogP contribution >= 0.6 is 0 Å². The first-order chi connectivity index (χ1) is 27.5. The Kier molecular flexibility index (Phi) is 11.4. The van der Waals surface area contributed by atoms with Crippen LogP contribution in [0, 0.1) is 57.2 Å². The summed E-state index contributed by atoms with van der Waals surface area (Å²) in [5, 5.41) is 4.28. The minimum absolute atomic E-state index is 0.0470. The van der Waals surface area contributed by atoms with Gasteiger partial charge in [0.2, 0.25) is 0 Å². The van der Waals surface area contributed by atoms with Gasteiger partial charge in [-0.15, -0.1) is 0 Å². The fourth-order valence-corrected chi connectivity index (χ4v) is 17.6. The molecular weight excluding hydrogens is 737 g/mol. The molecule has 4 saturated carbocycles. The highest BCUT2D eigenvalue weighted by Crippen LogP contribution is 2.76. The number of esters is 1. The standard InChI is InChI=1S/C51H76N2O4S/c1-9-53(39-24-32-58(55,56)34-39)31-30-52-51-27-21-40(35(2)3)45(51)42-19-20-44-48(6)25-22-41(47(4,5)43(48)23-26-50(44,8)49(42,7)28-29-51)37-15-17-38(18-16-37)46(54)57-33-36-13-11-10-12-14-36/h10-15,22,38-40,42-45,52H,2,9,16-21,23-34H2,1,3-8H3/t38-,39?,40-,42+,43-,44+,45+,48-,49+,50+,51-/m0/s1. The quantitative estimate of drug-likeness (QED) is 0.177. The smallest absolute Gasteiger partial charge is 0.309 e. The van der Waals surface area contributed by atoms with E-state index in [1.807, 2.05) is 30.3 Å². The van der Waals surface area contributed by atoms with Crippen LogP contribution in [-0.4, -0.2) is 62.0 Å². The zero-order valence-corrected chi connectivity index (χ0v) is 38.0. The molecule has 0 spiro atoms. The molecule has 0 bridgehead atoms. The van der Waals surface area contributed by atoms with E-state index in [9.17, 15) is 13.2 Å². The molecule has 11 atom stereocenters. The maximum absolute atomic E-state index is 13.1. The first kappa shape index (κ1) is 42.5. The highest BCUT2D eigenvalue weighted by atomic mass is 32.2. The molecule has 1 unspecified atom stereocenters. The van der Waals surface area contributed by atoms with Crippen LogP contribution in [0.4, 0.5) is 0 Å². The maximum atomic E-state index is 13.1. The van der Waals surface area contributed by atoms with Crippen molar-refractivity contribution in [2.24, 2.45) is 57.2 Å². The fraction of sp³-hybridized carbons (Fsp3) is 0.745. The lowest BCUT2D eigenvalue weighted by atomic mass is 9.33. The molecular formula is C51H76N2O4S. The summed E-state index contributed by atoms with van der Waals surface area (Å²) in [7, 11) is -2.90. The Morgan fingerprint density at radius 2 is 1.69 bits per heavy atom. The number of likely N-dealkylation sites (N-methyl/N-ethyl adjacent to an activating group) is 1. The number of hydrogen-bond donors (Lipinski definition) is 1. The number of hydrogen-bond acceptors (Lipinski definition) is 6. The number of nitrogens with zero attached hydrogens (tertiary/aromatic N) is 1. The molecule has 0 aromatic heterocycles. The third-order valence-corrected chi connectivity index (χ3v) is 20.7. The van der Waals surface area contributed by atoms with E-state index in [1.165, 1.54) is 62.5 Å². The second-order valence-electron chi connectivity index (χ2n) is 21.8. The van der Waals surface area contributed by atoms with Crippen molar-refractivity contribution >= 4 is 15.8 Å². The largest absolute Gasteiger partial charge is 0.461 e. The van der Waals surface area contributed by atoms with Crippen LogP contribution < -0.4 is 5.32 Å². The summed E-state index contributed by atoms with van der Waals surface area (Å²) in [6.45, 7) is 25.6. The molecule has 58 heavy (non-hydrogen) atoms. The van der Waals surface area contributed by atoms with Gasteiger partial charge in [-0.05, 0) is 165 Å². The van der Waals surface area contributed by atoms with Crippen LogP contribution in [0.2, 0.25) is 0 Å². The van der Waals surface area contributed by atoms with E-state index >= 15 is 0 Å². The van der Waals surface area contributed by atoms with Gasteiger partial charge in [-0.25, -0.2) is 8.42 Å². The molecule has 1 saturated heterocycles. The van der Waals surface area contributed by atoms with Gasteiger partial charge in [0.25, 0.3) is 0 Å². The van der Waals surface area contributed by atoms with Gasteiger partial charge in [-0.1, -0.05) is 96.2 Å². The SMILES string of the molecule is C=C(C)[C@@H]1CC[C@]2(NCCN(CC)C3CCS(=O)(=O)C3)CC[C@]3(C)[C@H](CC[C@@H]4[C@@]5(C)CC=C(C6=CC[C@H](C(=O)OCc7ccccc7)CC6)C(C)(C)[C@@H]5CC[C@]43C)[C@@H]12. The zero-order valence-electron chi connectivity index (χ0n) is 37.2. The molecule has 1 N–H and O–H groups in total. The number of allylic oxidation sites excluding steroid dienone is 5. The average molecular weight is 813 g/mol. The zero-order chi connectivity index (χ0) is 41.3. The number of carbonyl (C=O) groups is 1. The molecule has 7 aliphatic rings. The first-order valence-corrected chi connectivity index (χ1v) is 25.3. The lowest BCUT2D eigenvalue weighted by molar-refractivity contribution is -0.221. The van der Waals surface area contributed by atoms with Gasteiger partial charge in [0.15, 0.2) is 9.84 Å². The highest BCUT2D eigenvalue weighted by Gasteiger charge is 2.70. The number of fused-ring (bicyclic) bond motifs is 7. The Morgan fingerprint density at radius 1 is 0.914 bits per heavy atom. The summed E-state index contributed by atoms with van der Waals surface area (Å²) < 4.78 is 30.5. The van der Waals surface area contributed by atoms with Crippen LogP contribution in [-0.2, 0) is 26.0 Å². The van der Waals surface area contributed by atoms with Crippen molar-refractivity contribution in [3.8, 4) is 0 Å². The summed E-state index contributed by atoms with van der Waals surface area (Å²) in [4.78, 5) is 15.5. The third-order valence-electron chi connectivity index (χ3n) is 19.0. The van der Waals surface area contributed by atoms with E-state index in [2.05, 4.69) is 77.4 Å². The van der Waals surface area contributed by atoms with Crippen molar-refractivity contribution in [3.63, 3.8) is 0 Å². The van der Waals surface area contributed by atoms with Gasteiger partial charge in [-0.3, -0.25) is 9.69 Å². The molecule has 1 heterocycles. The minimum Gasteiger partial charge on any atom is -0.461 e. The Labute approximate surface area is 352 Å². The van der Waals surface area contributed by atoms with Crippen molar-refractivity contribution in [1.29, 1.82) is 0 Å². The first-order valence-electron chi connectivity index (χ1n) is 23.4. The van der Waals surface area contributed by atoms with Crippen LogP contribution in [0.25, 0.3) is 0 Å². The normalized spacial score (nSPS) is 41.3.